The number of rotatable bonds is 6. The van der Waals surface area contributed by atoms with Crippen molar-refractivity contribution in [3.05, 3.63) is 28.2 Å². The molecule has 0 bridgehead atoms. The lowest BCUT2D eigenvalue weighted by Crippen LogP contribution is -2.19. The highest BCUT2D eigenvalue weighted by molar-refractivity contribution is 9.10. The van der Waals surface area contributed by atoms with Crippen molar-refractivity contribution in [3.63, 3.8) is 0 Å². The van der Waals surface area contributed by atoms with Crippen molar-refractivity contribution in [3.8, 4) is 5.75 Å². The standard InChI is InChI=1S/C13H20BrNO/c1-3-4-5-9-15(2)10-11-7-6-8-12(14)13(11)16/h6-8,16H,3-5,9-10H2,1-2H3. The van der Waals surface area contributed by atoms with Gasteiger partial charge in [0.05, 0.1) is 4.47 Å². The van der Waals surface area contributed by atoms with Crippen LogP contribution in [0.3, 0.4) is 0 Å². The van der Waals surface area contributed by atoms with Crippen LogP contribution in [0.4, 0.5) is 0 Å². The number of halogens is 1. The summed E-state index contributed by atoms with van der Waals surface area (Å²) in [6, 6.07) is 5.78. The van der Waals surface area contributed by atoms with Gasteiger partial charge in [-0.2, -0.15) is 0 Å². The fraction of sp³-hybridized carbons (Fsp3) is 0.538. The number of hydrogen-bond acceptors (Lipinski definition) is 2. The molecule has 0 atom stereocenters. The van der Waals surface area contributed by atoms with Gasteiger partial charge in [-0.15, -0.1) is 0 Å². The molecule has 0 saturated heterocycles. The van der Waals surface area contributed by atoms with Gasteiger partial charge < -0.3 is 10.0 Å². The van der Waals surface area contributed by atoms with Crippen LogP contribution in [0.15, 0.2) is 22.7 Å². The number of nitrogens with zero attached hydrogens (tertiary/aromatic N) is 1. The van der Waals surface area contributed by atoms with Gasteiger partial charge in [-0.1, -0.05) is 31.9 Å². The summed E-state index contributed by atoms with van der Waals surface area (Å²) in [5.74, 6) is 0.366. The molecule has 0 spiro atoms. The first kappa shape index (κ1) is 13.5. The molecule has 3 heteroatoms. The SMILES string of the molecule is CCCCCN(C)Cc1cccc(Br)c1O. The van der Waals surface area contributed by atoms with Crippen molar-refractivity contribution >= 4 is 15.9 Å². The van der Waals surface area contributed by atoms with Crippen LogP contribution in [-0.4, -0.2) is 23.6 Å². The minimum absolute atomic E-state index is 0.366. The van der Waals surface area contributed by atoms with Gasteiger partial charge in [-0.3, -0.25) is 0 Å². The molecule has 0 heterocycles. The minimum Gasteiger partial charge on any atom is -0.506 e. The van der Waals surface area contributed by atoms with Crippen molar-refractivity contribution in [1.82, 2.24) is 4.90 Å². The maximum Gasteiger partial charge on any atom is 0.134 e. The van der Waals surface area contributed by atoms with Crippen LogP contribution in [0.2, 0.25) is 0 Å². The van der Waals surface area contributed by atoms with E-state index in [-0.39, 0.29) is 0 Å². The Morgan fingerprint density at radius 2 is 2.06 bits per heavy atom. The summed E-state index contributed by atoms with van der Waals surface area (Å²) < 4.78 is 0.770. The summed E-state index contributed by atoms with van der Waals surface area (Å²) in [6.07, 6.45) is 3.74. The van der Waals surface area contributed by atoms with Gasteiger partial charge in [0, 0.05) is 12.1 Å². The Kier molecular flexibility index (Phi) is 5.85. The molecule has 16 heavy (non-hydrogen) atoms. The summed E-state index contributed by atoms with van der Waals surface area (Å²) >= 11 is 3.33. The molecule has 0 radical (unpaired) electrons. The molecule has 1 N–H and O–H groups in total. The van der Waals surface area contributed by atoms with E-state index in [1.165, 1.54) is 19.3 Å². The Balaban J connectivity index is 2.49. The van der Waals surface area contributed by atoms with Gasteiger partial charge in [0.1, 0.15) is 5.75 Å². The zero-order valence-electron chi connectivity index (χ0n) is 10.0. The predicted molar refractivity (Wildman–Crippen MR) is 71.7 cm³/mol. The van der Waals surface area contributed by atoms with Crippen LogP contribution >= 0.6 is 15.9 Å². The zero-order chi connectivity index (χ0) is 12.0. The monoisotopic (exact) mass is 285 g/mol. The molecule has 90 valence electrons. The Morgan fingerprint density at radius 3 is 2.75 bits per heavy atom. The molecular weight excluding hydrogens is 266 g/mol. The number of unbranched alkanes of at least 4 members (excludes halogenated alkanes) is 2. The van der Waals surface area contributed by atoms with Crippen LogP contribution in [0, 0.1) is 0 Å². The fourth-order valence-electron chi connectivity index (χ4n) is 1.69. The van der Waals surface area contributed by atoms with E-state index in [9.17, 15) is 5.11 Å². The Hall–Kier alpha value is -0.540. The van der Waals surface area contributed by atoms with Gasteiger partial charge in [-0.05, 0) is 42.0 Å². The number of para-hydroxylation sites is 1. The van der Waals surface area contributed by atoms with Crippen molar-refractivity contribution in [2.24, 2.45) is 0 Å². The quantitative estimate of drug-likeness (QED) is 0.804. The highest BCUT2D eigenvalue weighted by Crippen LogP contribution is 2.28. The molecule has 1 aromatic carbocycles. The lowest BCUT2D eigenvalue weighted by molar-refractivity contribution is 0.312. The molecule has 0 fully saturated rings. The third-order valence-electron chi connectivity index (χ3n) is 2.65. The van der Waals surface area contributed by atoms with E-state index in [0.29, 0.717) is 5.75 Å². The van der Waals surface area contributed by atoms with Crippen molar-refractivity contribution in [2.45, 2.75) is 32.7 Å². The Morgan fingerprint density at radius 1 is 1.31 bits per heavy atom. The van der Waals surface area contributed by atoms with Gasteiger partial charge in [0.25, 0.3) is 0 Å². The summed E-state index contributed by atoms with van der Waals surface area (Å²) in [6.45, 7) is 4.09. The van der Waals surface area contributed by atoms with Gasteiger partial charge in [0.15, 0.2) is 0 Å². The van der Waals surface area contributed by atoms with Crippen molar-refractivity contribution < 1.29 is 5.11 Å². The third-order valence-corrected chi connectivity index (χ3v) is 3.29. The molecule has 0 unspecified atom stereocenters. The first-order valence-corrected chi connectivity index (χ1v) is 6.59. The highest BCUT2D eigenvalue weighted by Gasteiger charge is 2.07. The summed E-state index contributed by atoms with van der Waals surface area (Å²) in [7, 11) is 2.09. The fourth-order valence-corrected chi connectivity index (χ4v) is 2.10. The predicted octanol–water partition coefficient (Wildman–Crippen LogP) is 3.78. The maximum absolute atomic E-state index is 9.84. The normalized spacial score (nSPS) is 11.0. The first-order chi connectivity index (χ1) is 7.65. The molecule has 1 rings (SSSR count). The van der Waals surface area contributed by atoms with Crippen LogP contribution in [0.5, 0.6) is 5.75 Å². The average Bonchev–Trinajstić information content (AvgIpc) is 2.25. The number of benzene rings is 1. The van der Waals surface area contributed by atoms with Crippen LogP contribution in [0.1, 0.15) is 31.7 Å². The van der Waals surface area contributed by atoms with Gasteiger partial charge >= 0.3 is 0 Å². The first-order valence-electron chi connectivity index (χ1n) is 5.80. The highest BCUT2D eigenvalue weighted by atomic mass is 79.9. The average molecular weight is 286 g/mol. The smallest absolute Gasteiger partial charge is 0.134 e. The van der Waals surface area contributed by atoms with E-state index in [2.05, 4.69) is 34.8 Å². The molecular formula is C13H20BrNO. The second-order valence-corrected chi connectivity index (χ2v) is 5.05. The van der Waals surface area contributed by atoms with E-state index in [0.717, 1.165) is 23.1 Å². The Labute approximate surface area is 106 Å². The molecule has 0 aromatic heterocycles. The van der Waals surface area contributed by atoms with E-state index in [1.807, 2.05) is 18.2 Å². The molecule has 0 aliphatic carbocycles. The summed E-state index contributed by atoms with van der Waals surface area (Å²) in [5, 5.41) is 9.84. The van der Waals surface area contributed by atoms with Crippen LogP contribution in [-0.2, 0) is 6.54 Å². The molecule has 1 aromatic rings. The topological polar surface area (TPSA) is 23.5 Å². The second kappa shape index (κ2) is 6.92. The summed E-state index contributed by atoms with van der Waals surface area (Å²) in [4.78, 5) is 2.25. The number of hydrogen-bond donors (Lipinski definition) is 1. The molecule has 0 saturated carbocycles. The van der Waals surface area contributed by atoms with Gasteiger partial charge in [-0.25, -0.2) is 0 Å². The summed E-state index contributed by atoms with van der Waals surface area (Å²) in [5.41, 5.74) is 0.980. The number of aromatic hydroxyl groups is 1. The lowest BCUT2D eigenvalue weighted by atomic mass is 10.2. The second-order valence-electron chi connectivity index (χ2n) is 4.19. The van der Waals surface area contributed by atoms with E-state index >= 15 is 0 Å². The third kappa shape index (κ3) is 4.14. The zero-order valence-corrected chi connectivity index (χ0v) is 11.6. The van der Waals surface area contributed by atoms with E-state index in [1.54, 1.807) is 0 Å². The van der Waals surface area contributed by atoms with Crippen LogP contribution < -0.4 is 0 Å². The number of phenolic OH excluding ortho intramolecular Hbond substituents is 1. The van der Waals surface area contributed by atoms with Gasteiger partial charge in [0.2, 0.25) is 0 Å². The Bertz CT molecular complexity index is 328. The molecule has 0 aliphatic heterocycles. The minimum atomic E-state index is 0.366. The van der Waals surface area contributed by atoms with E-state index in [4.69, 9.17) is 0 Å². The lowest BCUT2D eigenvalue weighted by Gasteiger charge is -2.17. The van der Waals surface area contributed by atoms with E-state index < -0.39 is 0 Å². The number of phenols is 1. The molecule has 0 aliphatic rings. The van der Waals surface area contributed by atoms with Crippen molar-refractivity contribution in [2.75, 3.05) is 13.6 Å². The molecule has 2 nitrogen and oxygen atoms in total. The molecule has 0 amide bonds. The maximum atomic E-state index is 9.84. The van der Waals surface area contributed by atoms with Crippen LogP contribution in [0.25, 0.3) is 0 Å². The largest absolute Gasteiger partial charge is 0.506 e. The van der Waals surface area contributed by atoms with Crippen molar-refractivity contribution in [1.29, 1.82) is 0 Å².